The Morgan fingerprint density at radius 1 is 0.519 bits per heavy atom. The van der Waals surface area contributed by atoms with Crippen molar-refractivity contribution in [2.45, 2.75) is 6.92 Å². The molecule has 52 heavy (non-hydrogen) atoms. The van der Waals surface area contributed by atoms with Gasteiger partial charge >= 0.3 is 0 Å². The van der Waals surface area contributed by atoms with Crippen LogP contribution in [-0.2, 0) is 0 Å². The van der Waals surface area contributed by atoms with Gasteiger partial charge in [0.1, 0.15) is 11.2 Å². The van der Waals surface area contributed by atoms with Crippen LogP contribution < -0.4 is 0 Å². The molecule has 0 saturated carbocycles. The van der Waals surface area contributed by atoms with Gasteiger partial charge in [-0.3, -0.25) is 4.99 Å². The van der Waals surface area contributed by atoms with E-state index in [0.29, 0.717) is 0 Å². The van der Waals surface area contributed by atoms with Gasteiger partial charge in [-0.2, -0.15) is 0 Å². The highest BCUT2D eigenvalue weighted by Gasteiger charge is 2.14. The van der Waals surface area contributed by atoms with E-state index in [1.165, 1.54) is 64.5 Å². The van der Waals surface area contributed by atoms with Crippen molar-refractivity contribution >= 4 is 70.6 Å². The van der Waals surface area contributed by atoms with E-state index in [9.17, 15) is 0 Å². The van der Waals surface area contributed by atoms with Gasteiger partial charge in [-0.1, -0.05) is 91.0 Å². The van der Waals surface area contributed by atoms with E-state index < -0.39 is 0 Å². The van der Waals surface area contributed by atoms with Crippen LogP contribution in [0.3, 0.4) is 0 Å². The van der Waals surface area contributed by atoms with Crippen LogP contribution >= 0.6 is 11.3 Å². The molecule has 10 rings (SSSR count). The van der Waals surface area contributed by atoms with Gasteiger partial charge in [0.15, 0.2) is 0 Å². The molecule has 0 aliphatic rings. The molecule has 3 nitrogen and oxygen atoms in total. The number of rotatable bonds is 6. The lowest BCUT2D eigenvalue weighted by Crippen LogP contribution is -1.98. The van der Waals surface area contributed by atoms with Crippen molar-refractivity contribution in [1.82, 2.24) is 4.57 Å². The molecule has 3 aromatic heterocycles. The van der Waals surface area contributed by atoms with Crippen molar-refractivity contribution in [1.29, 1.82) is 0 Å². The minimum atomic E-state index is 0.915. The minimum Gasteiger partial charge on any atom is -0.456 e. The first-order chi connectivity index (χ1) is 25.7. The van der Waals surface area contributed by atoms with Gasteiger partial charge in [0, 0.05) is 48.2 Å². The maximum atomic E-state index is 6.09. The second kappa shape index (κ2) is 12.4. The Balaban J connectivity index is 1.03. The van der Waals surface area contributed by atoms with Gasteiger partial charge in [0.05, 0.1) is 17.4 Å². The fourth-order valence-electron chi connectivity index (χ4n) is 7.51. The first-order valence-electron chi connectivity index (χ1n) is 17.5. The number of hydrogen-bond acceptors (Lipinski definition) is 3. The van der Waals surface area contributed by atoms with Crippen LogP contribution in [-0.4, -0.2) is 10.8 Å². The van der Waals surface area contributed by atoms with Crippen molar-refractivity contribution in [3.8, 4) is 39.1 Å². The van der Waals surface area contributed by atoms with Gasteiger partial charge in [-0.15, -0.1) is 11.3 Å². The normalized spacial score (nSPS) is 12.2. The lowest BCUT2D eigenvalue weighted by atomic mass is 9.95. The Bertz CT molecular complexity index is 3040. The predicted octanol–water partition coefficient (Wildman–Crippen LogP) is 13.9. The first-order valence-corrected chi connectivity index (χ1v) is 18.4. The van der Waals surface area contributed by atoms with Gasteiger partial charge < -0.3 is 8.98 Å². The van der Waals surface area contributed by atoms with E-state index in [4.69, 9.17) is 4.42 Å². The number of aliphatic imine (C=N–C) groups is 1. The number of hydrogen-bond donors (Lipinski definition) is 0. The Kier molecular flexibility index (Phi) is 7.22. The van der Waals surface area contributed by atoms with Crippen LogP contribution in [0.4, 0.5) is 0 Å². The molecule has 246 valence electrons. The molecular weight excluding hydrogens is 653 g/mol. The van der Waals surface area contributed by atoms with E-state index in [2.05, 4.69) is 155 Å². The van der Waals surface area contributed by atoms with Crippen LogP contribution in [0.15, 0.2) is 179 Å². The number of furan rings is 1. The highest BCUT2D eigenvalue weighted by Crippen LogP contribution is 2.39. The van der Waals surface area contributed by atoms with E-state index >= 15 is 0 Å². The lowest BCUT2D eigenvalue weighted by Gasteiger charge is -2.10. The molecule has 0 N–H and O–H groups in total. The topological polar surface area (TPSA) is 30.4 Å². The number of thiophene rings is 1. The molecule has 10 aromatic rings. The molecule has 0 aliphatic heterocycles. The number of benzene rings is 7. The summed E-state index contributed by atoms with van der Waals surface area (Å²) >= 11 is 1.85. The maximum absolute atomic E-state index is 6.09. The van der Waals surface area contributed by atoms with Gasteiger partial charge in [0.2, 0.25) is 0 Å². The van der Waals surface area contributed by atoms with Crippen molar-refractivity contribution in [3.63, 3.8) is 0 Å². The zero-order chi connectivity index (χ0) is 34.6. The number of fused-ring (bicyclic) bond motifs is 7. The first kappa shape index (κ1) is 30.3. The van der Waals surface area contributed by atoms with Crippen LogP contribution in [0, 0.1) is 0 Å². The van der Waals surface area contributed by atoms with E-state index in [-0.39, 0.29) is 0 Å². The smallest absolute Gasteiger partial charge is 0.135 e. The third-order valence-corrected chi connectivity index (χ3v) is 11.1. The summed E-state index contributed by atoms with van der Waals surface area (Å²) in [5.74, 6) is 0. The quantitative estimate of drug-likeness (QED) is 0.160. The Morgan fingerprint density at radius 2 is 1.13 bits per heavy atom. The SMILES string of the molecule is C/C=C\N=Cc1cc2ccccc2n1-c1ccc2sc3ccc(-c4cccc(-c5cccc(-c6ccc7oc8ccccc8c7c6)c5)c4)cc3c2c1. The van der Waals surface area contributed by atoms with E-state index in [1.54, 1.807) is 0 Å². The molecule has 0 saturated heterocycles. The van der Waals surface area contributed by atoms with Crippen molar-refractivity contribution in [2.24, 2.45) is 4.99 Å². The summed E-state index contributed by atoms with van der Waals surface area (Å²) in [6.07, 6.45) is 5.71. The molecule has 3 heterocycles. The van der Waals surface area contributed by atoms with E-state index in [0.717, 1.165) is 33.3 Å². The Hall–Kier alpha value is -6.49. The number of para-hydroxylation sites is 2. The summed E-state index contributed by atoms with van der Waals surface area (Å²) in [6.45, 7) is 1.98. The standard InChI is InChI=1S/C48H32N2OS/c1-2-23-49-30-39-26-37-9-3-5-15-44(37)50(39)38-19-22-48-43(29-38)42-28-36(18-21-47(42)52-48)34-13-8-11-32(25-34)31-10-7-12-33(24-31)35-17-20-46-41(27-35)40-14-4-6-16-45(40)51-46/h2-30H,1H3/b23-2-,49-30?. The molecule has 0 bridgehead atoms. The number of allylic oxidation sites excluding steroid dienone is 1. The molecular formula is C48H32N2OS. The zero-order valence-electron chi connectivity index (χ0n) is 28.5. The lowest BCUT2D eigenvalue weighted by molar-refractivity contribution is 0.669. The van der Waals surface area contributed by atoms with Crippen molar-refractivity contribution in [3.05, 3.63) is 176 Å². The monoisotopic (exact) mass is 684 g/mol. The summed E-state index contributed by atoms with van der Waals surface area (Å²) in [5, 5.41) is 6.02. The Morgan fingerprint density at radius 3 is 1.90 bits per heavy atom. The molecule has 0 amide bonds. The van der Waals surface area contributed by atoms with Crippen LogP contribution in [0.5, 0.6) is 0 Å². The van der Waals surface area contributed by atoms with Crippen LogP contribution in [0.2, 0.25) is 0 Å². The number of nitrogens with zero attached hydrogens (tertiary/aromatic N) is 2. The second-order valence-electron chi connectivity index (χ2n) is 13.2. The molecule has 0 atom stereocenters. The minimum absolute atomic E-state index is 0.915. The average molecular weight is 685 g/mol. The Labute approximate surface area is 305 Å². The van der Waals surface area contributed by atoms with Gasteiger partial charge in [0.25, 0.3) is 0 Å². The highest BCUT2D eigenvalue weighted by atomic mass is 32.1. The number of aromatic nitrogens is 1. The molecule has 0 aliphatic carbocycles. The second-order valence-corrected chi connectivity index (χ2v) is 14.3. The average Bonchev–Trinajstić information content (AvgIpc) is 3.88. The summed E-state index contributed by atoms with van der Waals surface area (Å²) in [7, 11) is 0. The fraction of sp³-hybridized carbons (Fsp3) is 0.0208. The molecule has 7 aromatic carbocycles. The molecule has 0 unspecified atom stereocenters. The molecule has 4 heteroatoms. The molecule has 0 spiro atoms. The van der Waals surface area contributed by atoms with Crippen LogP contribution in [0.25, 0.3) is 92.1 Å². The fourth-order valence-corrected chi connectivity index (χ4v) is 8.58. The van der Waals surface area contributed by atoms with Crippen molar-refractivity contribution < 1.29 is 4.42 Å². The predicted molar refractivity (Wildman–Crippen MR) is 222 cm³/mol. The molecule has 0 fully saturated rings. The summed E-state index contributed by atoms with van der Waals surface area (Å²) < 4.78 is 11.0. The highest BCUT2D eigenvalue weighted by molar-refractivity contribution is 7.25. The third kappa shape index (κ3) is 5.15. The van der Waals surface area contributed by atoms with Crippen LogP contribution in [0.1, 0.15) is 12.6 Å². The van der Waals surface area contributed by atoms with Crippen molar-refractivity contribution in [2.75, 3.05) is 0 Å². The summed E-state index contributed by atoms with van der Waals surface area (Å²) in [6, 6.07) is 56.9. The summed E-state index contributed by atoms with van der Waals surface area (Å²) in [5.41, 5.74) is 12.3. The largest absolute Gasteiger partial charge is 0.456 e. The van der Waals surface area contributed by atoms with Gasteiger partial charge in [-0.05, 0) is 113 Å². The summed E-state index contributed by atoms with van der Waals surface area (Å²) in [4.78, 5) is 4.53. The van der Waals surface area contributed by atoms with E-state index in [1.807, 2.05) is 48.9 Å². The molecule has 0 radical (unpaired) electrons. The van der Waals surface area contributed by atoms with Gasteiger partial charge in [-0.25, -0.2) is 0 Å². The third-order valence-electron chi connectivity index (χ3n) is 9.99. The maximum Gasteiger partial charge on any atom is 0.135 e. The zero-order valence-corrected chi connectivity index (χ0v) is 29.3.